The van der Waals surface area contributed by atoms with E-state index in [1.54, 1.807) is 28.9 Å². The number of aromatic nitrogens is 5. The van der Waals surface area contributed by atoms with Crippen LogP contribution in [-0.2, 0) is 21.1 Å². The lowest BCUT2D eigenvalue weighted by atomic mass is 10.2. The maximum atomic E-state index is 12.1. The lowest BCUT2D eigenvalue weighted by molar-refractivity contribution is 0.0329. The number of nitrogens with zero attached hydrogens (tertiary/aromatic N) is 6. The Labute approximate surface area is 202 Å². The number of hydrogen-bond acceptors (Lipinski definition) is 7. The van der Waals surface area contributed by atoms with Crippen molar-refractivity contribution in [2.45, 2.75) is 11.4 Å². The van der Waals surface area contributed by atoms with Gasteiger partial charge in [0, 0.05) is 24.9 Å². The zero-order chi connectivity index (χ0) is 24.0. The number of hydrogen-bond donors (Lipinski definition) is 0. The predicted molar refractivity (Wildman–Crippen MR) is 132 cm³/mol. The molecule has 6 rings (SSSR count). The van der Waals surface area contributed by atoms with Crippen molar-refractivity contribution in [1.82, 2.24) is 29.0 Å². The highest BCUT2D eigenvalue weighted by atomic mass is 32.2. The summed E-state index contributed by atoms with van der Waals surface area (Å²) in [4.78, 5) is 12.2. The molecule has 3 aromatic heterocycles. The summed E-state index contributed by atoms with van der Waals surface area (Å²) in [5, 5.41) is 4.89. The van der Waals surface area contributed by atoms with E-state index < -0.39 is 9.84 Å². The summed E-state index contributed by atoms with van der Waals surface area (Å²) in [6.45, 7) is 3.78. The Bertz CT molecular complexity index is 1650. The average Bonchev–Trinajstić information content (AvgIpc) is 3.45. The molecule has 0 N–H and O–H groups in total. The molecule has 0 amide bonds. The van der Waals surface area contributed by atoms with Gasteiger partial charge in [0.2, 0.25) is 0 Å². The molecule has 2 aromatic carbocycles. The van der Waals surface area contributed by atoms with Gasteiger partial charge in [-0.2, -0.15) is 0 Å². The number of rotatable bonds is 5. The van der Waals surface area contributed by atoms with E-state index in [1.807, 2.05) is 47.0 Å². The van der Waals surface area contributed by atoms with Crippen molar-refractivity contribution >= 4 is 26.4 Å². The molecule has 0 spiro atoms. The molecular weight excluding hydrogens is 464 g/mol. The van der Waals surface area contributed by atoms with Crippen LogP contribution in [0.1, 0.15) is 5.82 Å². The maximum Gasteiger partial charge on any atom is 0.253 e. The van der Waals surface area contributed by atoms with Crippen molar-refractivity contribution in [2.75, 3.05) is 32.6 Å². The summed E-state index contributed by atoms with van der Waals surface area (Å²) in [6.07, 6.45) is 2.99. The number of fused-ring (bicyclic) bond motifs is 2. The number of morpholine rings is 1. The van der Waals surface area contributed by atoms with Gasteiger partial charge in [-0.25, -0.2) is 22.9 Å². The van der Waals surface area contributed by atoms with Gasteiger partial charge in [0.15, 0.2) is 9.84 Å². The first-order valence-electron chi connectivity index (χ1n) is 11.4. The molecule has 0 unspecified atom stereocenters. The highest BCUT2D eigenvalue weighted by Crippen LogP contribution is 2.26. The van der Waals surface area contributed by atoms with Crippen LogP contribution in [0.5, 0.6) is 0 Å². The highest BCUT2D eigenvalue weighted by Gasteiger charge is 2.20. The molecule has 0 saturated carbocycles. The molecule has 178 valence electrons. The van der Waals surface area contributed by atoms with E-state index in [0.717, 1.165) is 46.7 Å². The smallest absolute Gasteiger partial charge is 0.253 e. The van der Waals surface area contributed by atoms with Crippen molar-refractivity contribution in [3.63, 3.8) is 0 Å². The van der Waals surface area contributed by atoms with Gasteiger partial charge in [-0.1, -0.05) is 24.3 Å². The van der Waals surface area contributed by atoms with Crippen molar-refractivity contribution in [1.29, 1.82) is 0 Å². The molecule has 0 atom stereocenters. The summed E-state index contributed by atoms with van der Waals surface area (Å²) in [6, 6.07) is 18.7. The molecule has 35 heavy (non-hydrogen) atoms. The fourth-order valence-corrected chi connectivity index (χ4v) is 5.13. The van der Waals surface area contributed by atoms with Crippen molar-refractivity contribution in [2.24, 2.45) is 0 Å². The Hall–Kier alpha value is -3.60. The minimum atomic E-state index is -3.33. The standard InChI is InChI=1S/C25H24N6O3S/c1-35(32,33)20-6-4-5-18(15-20)22-10-9-19-16-26-25(28-31(19)22)30-23-8-3-2-7-21(23)27-24(30)17-29-11-13-34-14-12-29/h2-10,15-16H,11-14,17H2,1H3. The largest absolute Gasteiger partial charge is 0.379 e. The van der Waals surface area contributed by atoms with E-state index in [-0.39, 0.29) is 4.90 Å². The predicted octanol–water partition coefficient (Wildman–Crippen LogP) is 2.97. The van der Waals surface area contributed by atoms with Gasteiger partial charge < -0.3 is 4.74 Å². The van der Waals surface area contributed by atoms with Crippen LogP contribution in [0.15, 0.2) is 71.8 Å². The van der Waals surface area contributed by atoms with E-state index in [0.29, 0.717) is 25.7 Å². The lowest BCUT2D eigenvalue weighted by Crippen LogP contribution is -2.36. The van der Waals surface area contributed by atoms with Gasteiger partial charge in [0.1, 0.15) is 5.82 Å². The lowest BCUT2D eigenvalue weighted by Gasteiger charge is -2.26. The van der Waals surface area contributed by atoms with Gasteiger partial charge in [-0.3, -0.25) is 9.47 Å². The Morgan fingerprint density at radius 3 is 2.66 bits per heavy atom. The van der Waals surface area contributed by atoms with Crippen LogP contribution < -0.4 is 0 Å². The molecule has 1 aliphatic rings. The third-order valence-corrected chi connectivity index (χ3v) is 7.35. The van der Waals surface area contributed by atoms with E-state index in [1.165, 1.54) is 6.26 Å². The Kier molecular flexibility index (Phi) is 5.36. The average molecular weight is 489 g/mol. The second-order valence-electron chi connectivity index (χ2n) is 8.65. The quantitative estimate of drug-likeness (QED) is 0.375. The number of benzene rings is 2. The molecular formula is C25H24N6O3S. The number of imidazole rings is 1. The Morgan fingerprint density at radius 2 is 1.83 bits per heavy atom. The monoisotopic (exact) mass is 488 g/mol. The van der Waals surface area contributed by atoms with Gasteiger partial charge >= 0.3 is 0 Å². The second kappa shape index (κ2) is 8.56. The summed E-state index contributed by atoms with van der Waals surface area (Å²) >= 11 is 0. The molecule has 1 fully saturated rings. The summed E-state index contributed by atoms with van der Waals surface area (Å²) in [5.41, 5.74) is 4.18. The molecule has 4 heterocycles. The fraction of sp³-hybridized carbons (Fsp3) is 0.240. The zero-order valence-corrected chi connectivity index (χ0v) is 20.0. The van der Waals surface area contributed by atoms with Crippen LogP contribution in [0.3, 0.4) is 0 Å². The van der Waals surface area contributed by atoms with Crippen LogP contribution in [-0.4, -0.2) is 70.0 Å². The van der Waals surface area contributed by atoms with Crippen molar-refractivity contribution in [3.05, 3.63) is 72.7 Å². The summed E-state index contributed by atoms with van der Waals surface area (Å²) in [7, 11) is -3.33. The first kappa shape index (κ1) is 21.9. The fourth-order valence-electron chi connectivity index (χ4n) is 4.46. The van der Waals surface area contributed by atoms with Crippen LogP contribution in [0.2, 0.25) is 0 Å². The summed E-state index contributed by atoms with van der Waals surface area (Å²) < 4.78 is 33.5. The zero-order valence-electron chi connectivity index (χ0n) is 19.2. The van der Waals surface area contributed by atoms with E-state index >= 15 is 0 Å². The van der Waals surface area contributed by atoms with Crippen molar-refractivity contribution in [3.8, 4) is 17.2 Å². The molecule has 0 bridgehead atoms. The molecule has 9 nitrogen and oxygen atoms in total. The third-order valence-electron chi connectivity index (χ3n) is 6.24. The van der Waals surface area contributed by atoms with E-state index in [4.69, 9.17) is 14.8 Å². The van der Waals surface area contributed by atoms with Crippen molar-refractivity contribution < 1.29 is 13.2 Å². The number of sulfone groups is 1. The van der Waals surface area contributed by atoms with Crippen LogP contribution in [0, 0.1) is 0 Å². The molecule has 10 heteroatoms. The molecule has 0 aliphatic carbocycles. The first-order chi connectivity index (χ1) is 17.0. The second-order valence-corrected chi connectivity index (χ2v) is 10.7. The molecule has 5 aromatic rings. The van der Waals surface area contributed by atoms with Crippen LogP contribution in [0.4, 0.5) is 0 Å². The molecule has 1 saturated heterocycles. The SMILES string of the molecule is CS(=O)(=O)c1cccc(-c2ccc3cnc(-n4c(CN5CCOCC5)nc5ccccc54)nn23)c1. The van der Waals surface area contributed by atoms with Gasteiger partial charge in [-0.15, -0.1) is 5.10 Å². The van der Waals surface area contributed by atoms with Gasteiger partial charge in [0.25, 0.3) is 5.95 Å². The van der Waals surface area contributed by atoms with Gasteiger partial charge in [-0.05, 0) is 36.4 Å². The molecule has 1 aliphatic heterocycles. The third kappa shape index (κ3) is 4.09. The number of ether oxygens (including phenoxy) is 1. The van der Waals surface area contributed by atoms with Crippen LogP contribution in [0.25, 0.3) is 33.8 Å². The topological polar surface area (TPSA) is 94.6 Å². The highest BCUT2D eigenvalue weighted by molar-refractivity contribution is 7.90. The Morgan fingerprint density at radius 1 is 1.00 bits per heavy atom. The minimum Gasteiger partial charge on any atom is -0.379 e. The summed E-state index contributed by atoms with van der Waals surface area (Å²) in [5.74, 6) is 1.37. The van der Waals surface area contributed by atoms with E-state index in [2.05, 4.69) is 9.88 Å². The normalized spacial score (nSPS) is 15.2. The number of para-hydroxylation sites is 2. The van der Waals surface area contributed by atoms with Gasteiger partial charge in [0.05, 0.1) is 53.1 Å². The first-order valence-corrected chi connectivity index (χ1v) is 13.3. The Balaban J connectivity index is 1.49. The maximum absolute atomic E-state index is 12.1. The minimum absolute atomic E-state index is 0.271. The molecule has 0 radical (unpaired) electrons. The van der Waals surface area contributed by atoms with E-state index in [9.17, 15) is 8.42 Å². The van der Waals surface area contributed by atoms with Crippen LogP contribution >= 0.6 is 0 Å².